The van der Waals surface area contributed by atoms with Gasteiger partial charge in [0.1, 0.15) is 4.88 Å². The van der Waals surface area contributed by atoms with E-state index in [1.54, 1.807) is 0 Å². The van der Waals surface area contributed by atoms with Crippen LogP contribution in [-0.4, -0.2) is 34.8 Å². The normalized spacial score (nSPS) is 18.9. The molecular formula is C14H19N3O2S. The van der Waals surface area contributed by atoms with Crippen molar-refractivity contribution in [3.63, 3.8) is 0 Å². The monoisotopic (exact) mass is 293 g/mol. The molecule has 2 aliphatic rings. The van der Waals surface area contributed by atoms with Gasteiger partial charge in [0, 0.05) is 19.0 Å². The van der Waals surface area contributed by atoms with Gasteiger partial charge in [-0.1, -0.05) is 11.3 Å². The fraction of sp³-hybridized carbons (Fsp3) is 0.643. The van der Waals surface area contributed by atoms with Crippen molar-refractivity contribution in [2.24, 2.45) is 5.92 Å². The Hall–Kier alpha value is -1.43. The van der Waals surface area contributed by atoms with Crippen LogP contribution in [0.1, 0.15) is 47.5 Å². The van der Waals surface area contributed by atoms with Gasteiger partial charge in [0.2, 0.25) is 5.91 Å². The number of aryl methyl sites for hydroxylation is 1. The van der Waals surface area contributed by atoms with E-state index in [0.29, 0.717) is 10.0 Å². The molecule has 0 bridgehead atoms. The minimum absolute atomic E-state index is 0.0377. The largest absolute Gasteiger partial charge is 0.338 e. The van der Waals surface area contributed by atoms with E-state index in [4.69, 9.17) is 0 Å². The summed E-state index contributed by atoms with van der Waals surface area (Å²) in [6.07, 6.45) is 5.30. The number of hydrogen-bond donors (Lipinski definition) is 1. The number of piperidine rings is 1. The van der Waals surface area contributed by atoms with Gasteiger partial charge in [-0.15, -0.1) is 0 Å². The summed E-state index contributed by atoms with van der Waals surface area (Å²) < 4.78 is 0. The zero-order valence-corrected chi connectivity index (χ0v) is 12.5. The lowest BCUT2D eigenvalue weighted by molar-refractivity contribution is -0.117. The number of anilines is 1. The molecule has 1 aliphatic carbocycles. The van der Waals surface area contributed by atoms with Crippen molar-refractivity contribution in [3.8, 4) is 0 Å². The van der Waals surface area contributed by atoms with Gasteiger partial charge in [-0.05, 0) is 39.0 Å². The Morgan fingerprint density at radius 2 is 1.95 bits per heavy atom. The highest BCUT2D eigenvalue weighted by Crippen LogP contribution is 2.32. The van der Waals surface area contributed by atoms with Gasteiger partial charge in [-0.2, -0.15) is 0 Å². The van der Waals surface area contributed by atoms with Gasteiger partial charge < -0.3 is 10.2 Å². The maximum Gasteiger partial charge on any atom is 0.265 e. The molecule has 1 aliphatic heterocycles. The van der Waals surface area contributed by atoms with Gasteiger partial charge in [0.25, 0.3) is 5.91 Å². The minimum Gasteiger partial charge on any atom is -0.338 e. The Morgan fingerprint density at radius 1 is 1.25 bits per heavy atom. The molecule has 5 nitrogen and oxygen atoms in total. The molecule has 0 spiro atoms. The summed E-state index contributed by atoms with van der Waals surface area (Å²) in [5.74, 6) is 0.253. The highest BCUT2D eigenvalue weighted by Gasteiger charge is 2.31. The quantitative estimate of drug-likeness (QED) is 0.931. The summed E-state index contributed by atoms with van der Waals surface area (Å²) in [7, 11) is 0. The summed E-state index contributed by atoms with van der Waals surface area (Å²) in [5.41, 5.74) is 0.719. The third kappa shape index (κ3) is 2.85. The Kier molecular flexibility index (Phi) is 3.74. The smallest absolute Gasteiger partial charge is 0.265 e. The molecule has 1 saturated heterocycles. The van der Waals surface area contributed by atoms with E-state index >= 15 is 0 Å². The van der Waals surface area contributed by atoms with Crippen molar-refractivity contribution < 1.29 is 9.59 Å². The number of likely N-dealkylation sites (tertiary alicyclic amines) is 1. The Morgan fingerprint density at radius 3 is 2.60 bits per heavy atom. The van der Waals surface area contributed by atoms with Crippen molar-refractivity contribution >= 4 is 28.3 Å². The van der Waals surface area contributed by atoms with Crippen LogP contribution in [0.4, 0.5) is 5.13 Å². The SMILES string of the molecule is Cc1nc(NC(=O)C2CC2)sc1C(=O)N1CCCCC1. The van der Waals surface area contributed by atoms with Crippen LogP contribution in [-0.2, 0) is 4.79 Å². The molecule has 20 heavy (non-hydrogen) atoms. The fourth-order valence-electron chi connectivity index (χ4n) is 2.44. The summed E-state index contributed by atoms with van der Waals surface area (Å²) in [5, 5.41) is 3.38. The number of aromatic nitrogens is 1. The van der Waals surface area contributed by atoms with E-state index in [1.807, 2.05) is 11.8 Å². The predicted octanol–water partition coefficient (Wildman–Crippen LogP) is 2.43. The first-order valence-electron chi connectivity index (χ1n) is 7.22. The van der Waals surface area contributed by atoms with Gasteiger partial charge in [-0.25, -0.2) is 4.98 Å². The molecule has 3 rings (SSSR count). The van der Waals surface area contributed by atoms with Crippen LogP contribution in [0.5, 0.6) is 0 Å². The molecular weight excluding hydrogens is 274 g/mol. The van der Waals surface area contributed by atoms with Gasteiger partial charge in [0.15, 0.2) is 5.13 Å². The Balaban J connectivity index is 1.70. The second-order valence-electron chi connectivity index (χ2n) is 5.55. The van der Waals surface area contributed by atoms with Crippen molar-refractivity contribution in [3.05, 3.63) is 10.6 Å². The molecule has 0 unspecified atom stereocenters. The van der Waals surface area contributed by atoms with Crippen LogP contribution in [0.25, 0.3) is 0 Å². The average molecular weight is 293 g/mol. The fourth-order valence-corrected chi connectivity index (χ4v) is 3.38. The summed E-state index contributed by atoms with van der Waals surface area (Å²) in [6.45, 7) is 3.50. The van der Waals surface area contributed by atoms with Crippen LogP contribution < -0.4 is 5.32 Å². The molecule has 2 amide bonds. The number of thiazole rings is 1. The minimum atomic E-state index is 0.0377. The lowest BCUT2D eigenvalue weighted by atomic mass is 10.1. The van der Waals surface area contributed by atoms with Crippen molar-refractivity contribution in [1.29, 1.82) is 0 Å². The van der Waals surface area contributed by atoms with E-state index in [1.165, 1.54) is 17.8 Å². The molecule has 2 fully saturated rings. The number of nitrogens with one attached hydrogen (secondary N) is 1. The van der Waals surface area contributed by atoms with Crippen LogP contribution in [0.2, 0.25) is 0 Å². The summed E-state index contributed by atoms with van der Waals surface area (Å²) in [6, 6.07) is 0. The number of nitrogens with zero attached hydrogens (tertiary/aromatic N) is 2. The molecule has 1 N–H and O–H groups in total. The molecule has 1 aromatic heterocycles. The van der Waals surface area contributed by atoms with Crippen LogP contribution in [0.3, 0.4) is 0 Å². The number of rotatable bonds is 3. The van der Waals surface area contributed by atoms with E-state index in [9.17, 15) is 9.59 Å². The lowest BCUT2D eigenvalue weighted by Crippen LogP contribution is -2.35. The number of amides is 2. The number of carbonyl (C=O) groups excluding carboxylic acids is 2. The van der Waals surface area contributed by atoms with Gasteiger partial charge in [-0.3, -0.25) is 9.59 Å². The van der Waals surface area contributed by atoms with Crippen LogP contribution in [0, 0.1) is 12.8 Å². The molecule has 0 radical (unpaired) electrons. The standard InChI is InChI=1S/C14H19N3O2S/c1-9-11(13(19)17-7-3-2-4-8-17)20-14(15-9)16-12(18)10-5-6-10/h10H,2-8H2,1H3,(H,15,16,18). The third-order valence-electron chi connectivity index (χ3n) is 3.81. The third-order valence-corrected chi connectivity index (χ3v) is 4.87. The van der Waals surface area contributed by atoms with Crippen molar-refractivity contribution in [1.82, 2.24) is 9.88 Å². The number of carbonyl (C=O) groups is 2. The second kappa shape index (κ2) is 5.52. The van der Waals surface area contributed by atoms with E-state index in [0.717, 1.165) is 44.5 Å². The summed E-state index contributed by atoms with van der Waals surface area (Å²) >= 11 is 1.30. The first kappa shape index (κ1) is 13.5. The lowest BCUT2D eigenvalue weighted by Gasteiger charge is -2.26. The van der Waals surface area contributed by atoms with Gasteiger partial charge in [0.05, 0.1) is 5.69 Å². The maximum atomic E-state index is 12.4. The highest BCUT2D eigenvalue weighted by atomic mass is 32.1. The Bertz CT molecular complexity index is 531. The maximum absolute atomic E-state index is 12.4. The van der Waals surface area contributed by atoms with Gasteiger partial charge >= 0.3 is 0 Å². The van der Waals surface area contributed by atoms with E-state index in [-0.39, 0.29) is 17.7 Å². The Labute approximate surface area is 122 Å². The molecule has 108 valence electrons. The molecule has 2 heterocycles. The van der Waals surface area contributed by atoms with E-state index in [2.05, 4.69) is 10.3 Å². The van der Waals surface area contributed by atoms with Crippen molar-refractivity contribution in [2.75, 3.05) is 18.4 Å². The molecule has 6 heteroatoms. The molecule has 0 aromatic carbocycles. The predicted molar refractivity (Wildman–Crippen MR) is 78.0 cm³/mol. The number of hydrogen-bond acceptors (Lipinski definition) is 4. The topological polar surface area (TPSA) is 62.3 Å². The van der Waals surface area contributed by atoms with Crippen molar-refractivity contribution in [2.45, 2.75) is 39.0 Å². The first-order chi connectivity index (χ1) is 9.65. The average Bonchev–Trinajstić information content (AvgIpc) is 3.24. The van der Waals surface area contributed by atoms with Crippen LogP contribution >= 0.6 is 11.3 Å². The second-order valence-corrected chi connectivity index (χ2v) is 6.55. The zero-order valence-electron chi connectivity index (χ0n) is 11.6. The highest BCUT2D eigenvalue weighted by molar-refractivity contribution is 7.17. The summed E-state index contributed by atoms with van der Waals surface area (Å²) in [4.78, 5) is 31.1. The van der Waals surface area contributed by atoms with Crippen LogP contribution in [0.15, 0.2) is 0 Å². The van der Waals surface area contributed by atoms with E-state index < -0.39 is 0 Å². The zero-order chi connectivity index (χ0) is 14.1. The molecule has 1 saturated carbocycles. The molecule has 0 atom stereocenters. The first-order valence-corrected chi connectivity index (χ1v) is 8.04. The molecule has 1 aromatic rings.